The van der Waals surface area contributed by atoms with E-state index in [9.17, 15) is 4.79 Å². The van der Waals surface area contributed by atoms with Crippen LogP contribution in [0.2, 0.25) is 0 Å². The van der Waals surface area contributed by atoms with Crippen molar-refractivity contribution in [2.75, 3.05) is 6.26 Å². The molecule has 2 heterocycles. The molecule has 4 rings (SSSR count). The van der Waals surface area contributed by atoms with Gasteiger partial charge < -0.3 is 4.42 Å². The van der Waals surface area contributed by atoms with Crippen LogP contribution in [0.4, 0.5) is 0 Å². The van der Waals surface area contributed by atoms with Gasteiger partial charge in [0.2, 0.25) is 5.89 Å². The Balaban J connectivity index is 1.91. The summed E-state index contributed by atoms with van der Waals surface area (Å²) in [6.07, 6.45) is 1.86. The lowest BCUT2D eigenvalue weighted by Crippen LogP contribution is -2.24. The Morgan fingerprint density at radius 3 is 2.52 bits per heavy atom. The third-order valence-corrected chi connectivity index (χ3v) is 5.07. The molecule has 0 fully saturated rings. The van der Waals surface area contributed by atoms with Crippen LogP contribution in [0, 0.1) is 13.8 Å². The fraction of sp³-hybridized carbons (Fsp3) is 0.200. The molecular formula is C20H18N4O2S. The van der Waals surface area contributed by atoms with Gasteiger partial charge in [0.1, 0.15) is 6.54 Å². The van der Waals surface area contributed by atoms with Crippen molar-refractivity contribution in [2.24, 2.45) is 0 Å². The lowest BCUT2D eigenvalue weighted by Gasteiger charge is -2.11. The number of fused-ring (bicyclic) bond motifs is 1. The summed E-state index contributed by atoms with van der Waals surface area (Å²) >= 11 is 1.36. The van der Waals surface area contributed by atoms with Crippen LogP contribution in [-0.4, -0.2) is 26.2 Å². The van der Waals surface area contributed by atoms with Gasteiger partial charge in [-0.2, -0.15) is 5.10 Å². The summed E-state index contributed by atoms with van der Waals surface area (Å²) in [7, 11) is 0. The molecule has 0 saturated heterocycles. The minimum atomic E-state index is -0.179. The summed E-state index contributed by atoms with van der Waals surface area (Å²) in [5, 5.41) is 14.5. The van der Waals surface area contributed by atoms with Gasteiger partial charge in [0.05, 0.1) is 11.1 Å². The molecule has 0 saturated carbocycles. The highest BCUT2D eigenvalue weighted by Crippen LogP contribution is 2.26. The van der Waals surface area contributed by atoms with E-state index in [1.807, 2.05) is 36.6 Å². The molecule has 136 valence electrons. The maximum atomic E-state index is 12.9. The van der Waals surface area contributed by atoms with Gasteiger partial charge in [-0.1, -0.05) is 42.1 Å². The fourth-order valence-electron chi connectivity index (χ4n) is 2.96. The number of hydrogen-bond donors (Lipinski definition) is 0. The highest BCUT2D eigenvalue weighted by atomic mass is 32.2. The van der Waals surface area contributed by atoms with Crippen LogP contribution in [0.25, 0.3) is 22.0 Å². The topological polar surface area (TPSA) is 73.8 Å². The van der Waals surface area contributed by atoms with Crippen LogP contribution in [0.3, 0.4) is 0 Å². The van der Waals surface area contributed by atoms with Gasteiger partial charge in [-0.3, -0.25) is 4.79 Å². The first-order valence-corrected chi connectivity index (χ1v) is 9.73. The monoisotopic (exact) mass is 378 g/mol. The van der Waals surface area contributed by atoms with E-state index in [0.717, 1.165) is 16.6 Å². The van der Waals surface area contributed by atoms with Crippen LogP contribution in [-0.2, 0) is 6.54 Å². The van der Waals surface area contributed by atoms with Gasteiger partial charge in [0.25, 0.3) is 10.8 Å². The number of aryl methyl sites for hydroxylation is 2. The summed E-state index contributed by atoms with van der Waals surface area (Å²) < 4.78 is 6.92. The molecule has 27 heavy (non-hydrogen) atoms. The molecule has 2 aromatic carbocycles. The summed E-state index contributed by atoms with van der Waals surface area (Å²) in [6.45, 7) is 4.28. The van der Waals surface area contributed by atoms with Gasteiger partial charge in [-0.05, 0) is 43.4 Å². The first-order chi connectivity index (χ1) is 13.1. The highest BCUT2D eigenvalue weighted by Gasteiger charge is 2.15. The van der Waals surface area contributed by atoms with Crippen LogP contribution < -0.4 is 5.56 Å². The van der Waals surface area contributed by atoms with E-state index in [4.69, 9.17) is 4.42 Å². The summed E-state index contributed by atoms with van der Waals surface area (Å²) in [4.78, 5) is 12.9. The predicted octanol–water partition coefficient (Wildman–Crippen LogP) is 3.83. The van der Waals surface area contributed by atoms with Crippen molar-refractivity contribution < 1.29 is 4.42 Å². The number of thioether (sulfide) groups is 1. The molecule has 0 N–H and O–H groups in total. The molecule has 0 aliphatic heterocycles. The average molecular weight is 378 g/mol. The number of aromatic nitrogens is 4. The van der Waals surface area contributed by atoms with E-state index in [0.29, 0.717) is 16.5 Å². The Morgan fingerprint density at radius 2 is 1.81 bits per heavy atom. The second kappa shape index (κ2) is 7.00. The Morgan fingerprint density at radius 1 is 1.04 bits per heavy atom. The number of nitrogens with zero attached hydrogens (tertiary/aromatic N) is 4. The molecule has 6 nitrogen and oxygen atoms in total. The lowest BCUT2D eigenvalue weighted by atomic mass is 10.0. The predicted molar refractivity (Wildman–Crippen MR) is 106 cm³/mol. The number of benzene rings is 2. The quantitative estimate of drug-likeness (QED) is 0.503. The molecule has 0 spiro atoms. The Hall–Kier alpha value is -2.93. The molecule has 0 atom stereocenters. The Labute approximate surface area is 160 Å². The van der Waals surface area contributed by atoms with Gasteiger partial charge in [-0.25, -0.2) is 4.68 Å². The normalized spacial score (nSPS) is 11.2. The number of rotatable bonds is 4. The highest BCUT2D eigenvalue weighted by molar-refractivity contribution is 7.98. The van der Waals surface area contributed by atoms with Crippen LogP contribution in [0.15, 0.2) is 56.9 Å². The van der Waals surface area contributed by atoms with Crippen LogP contribution in [0.1, 0.15) is 17.0 Å². The molecule has 7 heteroatoms. The molecule has 0 amide bonds. The molecule has 2 aromatic heterocycles. The molecule has 0 aliphatic rings. The average Bonchev–Trinajstić information content (AvgIpc) is 3.14. The minimum Gasteiger partial charge on any atom is -0.414 e. The molecule has 0 unspecified atom stereocenters. The standard InChI is InChI=1S/C20H18N4O2S/c1-12-8-9-14(10-13(12)2)18-15-6-4-5-7-16(15)19(25)24(23-18)11-17-21-22-20(26-17)27-3/h4-10H,11H2,1-3H3. The largest absolute Gasteiger partial charge is 0.414 e. The molecular weight excluding hydrogens is 360 g/mol. The smallest absolute Gasteiger partial charge is 0.276 e. The maximum absolute atomic E-state index is 12.9. The first kappa shape index (κ1) is 17.5. The van der Waals surface area contributed by atoms with Gasteiger partial charge in [0, 0.05) is 10.9 Å². The van der Waals surface area contributed by atoms with Crippen molar-refractivity contribution in [3.63, 3.8) is 0 Å². The third-order valence-electron chi connectivity index (χ3n) is 4.56. The minimum absolute atomic E-state index is 0.134. The zero-order valence-electron chi connectivity index (χ0n) is 15.3. The zero-order valence-corrected chi connectivity index (χ0v) is 16.1. The molecule has 0 aliphatic carbocycles. The first-order valence-electron chi connectivity index (χ1n) is 8.50. The van der Waals surface area contributed by atoms with E-state index in [2.05, 4.69) is 41.3 Å². The third kappa shape index (κ3) is 3.26. The van der Waals surface area contributed by atoms with Crippen molar-refractivity contribution in [3.05, 3.63) is 69.8 Å². The van der Waals surface area contributed by atoms with Crippen molar-refractivity contribution in [1.29, 1.82) is 0 Å². The van der Waals surface area contributed by atoms with E-state index < -0.39 is 0 Å². The second-order valence-corrected chi connectivity index (χ2v) is 7.08. The van der Waals surface area contributed by atoms with Crippen LogP contribution in [0.5, 0.6) is 0 Å². The lowest BCUT2D eigenvalue weighted by molar-refractivity contribution is 0.395. The molecule has 0 radical (unpaired) electrons. The van der Waals surface area contributed by atoms with E-state index in [1.54, 1.807) is 0 Å². The van der Waals surface area contributed by atoms with E-state index in [-0.39, 0.29) is 12.1 Å². The Kier molecular flexibility index (Phi) is 4.53. The fourth-order valence-corrected chi connectivity index (χ4v) is 3.26. The molecule has 0 bridgehead atoms. The Bertz CT molecular complexity index is 1200. The summed E-state index contributed by atoms with van der Waals surface area (Å²) in [5.74, 6) is 0.357. The van der Waals surface area contributed by atoms with Crippen molar-refractivity contribution in [1.82, 2.24) is 20.0 Å². The summed E-state index contributed by atoms with van der Waals surface area (Å²) in [5.41, 5.74) is 3.95. The number of hydrogen-bond acceptors (Lipinski definition) is 6. The van der Waals surface area contributed by atoms with Gasteiger partial charge in [-0.15, -0.1) is 10.2 Å². The second-order valence-electron chi connectivity index (χ2n) is 6.32. The molecule has 4 aromatic rings. The summed E-state index contributed by atoms with van der Waals surface area (Å²) in [6, 6.07) is 13.7. The SMILES string of the molecule is CSc1nnc(Cn2nc(-c3ccc(C)c(C)c3)c3ccccc3c2=O)o1. The van der Waals surface area contributed by atoms with Crippen LogP contribution >= 0.6 is 11.8 Å². The van der Waals surface area contributed by atoms with Gasteiger partial charge >= 0.3 is 0 Å². The van der Waals surface area contributed by atoms with Crippen molar-refractivity contribution in [2.45, 2.75) is 25.6 Å². The zero-order chi connectivity index (χ0) is 19.0. The van der Waals surface area contributed by atoms with Crippen molar-refractivity contribution in [3.8, 4) is 11.3 Å². The van der Waals surface area contributed by atoms with Gasteiger partial charge in [0.15, 0.2) is 0 Å². The maximum Gasteiger partial charge on any atom is 0.276 e. The van der Waals surface area contributed by atoms with E-state index >= 15 is 0 Å². The van der Waals surface area contributed by atoms with Crippen molar-refractivity contribution >= 4 is 22.5 Å². The van der Waals surface area contributed by atoms with E-state index in [1.165, 1.54) is 27.6 Å².